The van der Waals surface area contributed by atoms with Crippen molar-refractivity contribution in [3.63, 3.8) is 0 Å². The highest BCUT2D eigenvalue weighted by atomic mass is 79.9. The molecular weight excluding hydrogens is 408 g/mol. The van der Waals surface area contributed by atoms with Crippen LogP contribution in [0.5, 0.6) is 5.75 Å². The van der Waals surface area contributed by atoms with E-state index in [0.717, 1.165) is 0 Å². The SMILES string of the molecule is CC(C)C(=O)Nc1cccc(NC(=O)COc2ccc(Cl)cc2Br)c1. The van der Waals surface area contributed by atoms with Crippen LogP contribution in [-0.2, 0) is 9.59 Å². The lowest BCUT2D eigenvalue weighted by Crippen LogP contribution is -2.21. The second kappa shape index (κ2) is 8.87. The molecule has 0 spiro atoms. The van der Waals surface area contributed by atoms with E-state index in [2.05, 4.69) is 26.6 Å². The number of benzene rings is 2. The maximum absolute atomic E-state index is 12.0. The van der Waals surface area contributed by atoms with Crippen molar-refractivity contribution in [2.45, 2.75) is 13.8 Å². The summed E-state index contributed by atoms with van der Waals surface area (Å²) >= 11 is 9.19. The fourth-order valence-corrected chi connectivity index (χ4v) is 2.69. The number of ether oxygens (including phenoxy) is 1. The molecule has 2 rings (SSSR count). The highest BCUT2D eigenvalue weighted by Crippen LogP contribution is 2.28. The molecule has 0 aliphatic rings. The number of amides is 2. The molecule has 7 heteroatoms. The van der Waals surface area contributed by atoms with E-state index in [-0.39, 0.29) is 24.3 Å². The van der Waals surface area contributed by atoms with E-state index < -0.39 is 0 Å². The summed E-state index contributed by atoms with van der Waals surface area (Å²) in [6.45, 7) is 3.48. The van der Waals surface area contributed by atoms with Crippen LogP contribution in [0.1, 0.15) is 13.8 Å². The van der Waals surface area contributed by atoms with Gasteiger partial charge in [0.2, 0.25) is 5.91 Å². The minimum atomic E-state index is -0.311. The lowest BCUT2D eigenvalue weighted by Gasteiger charge is -2.11. The van der Waals surface area contributed by atoms with E-state index in [9.17, 15) is 9.59 Å². The molecule has 0 atom stereocenters. The molecule has 0 bridgehead atoms. The predicted octanol–water partition coefficient (Wildman–Crippen LogP) is 4.71. The van der Waals surface area contributed by atoms with Crippen LogP contribution in [0.2, 0.25) is 5.02 Å². The van der Waals surface area contributed by atoms with Crippen molar-refractivity contribution >= 4 is 50.7 Å². The third-order valence-electron chi connectivity index (χ3n) is 3.19. The van der Waals surface area contributed by atoms with Crippen LogP contribution in [0.25, 0.3) is 0 Å². The summed E-state index contributed by atoms with van der Waals surface area (Å²) in [5.74, 6) is 0.00977. The topological polar surface area (TPSA) is 67.4 Å². The largest absolute Gasteiger partial charge is 0.483 e. The normalized spacial score (nSPS) is 10.4. The Balaban J connectivity index is 1.93. The molecule has 2 aromatic carbocycles. The smallest absolute Gasteiger partial charge is 0.262 e. The van der Waals surface area contributed by atoms with Crippen LogP contribution in [-0.4, -0.2) is 18.4 Å². The number of nitrogens with one attached hydrogen (secondary N) is 2. The third kappa shape index (κ3) is 6.07. The number of hydrogen-bond donors (Lipinski definition) is 2. The molecule has 2 aromatic rings. The zero-order chi connectivity index (χ0) is 18.4. The lowest BCUT2D eigenvalue weighted by molar-refractivity contribution is -0.119. The molecule has 0 unspecified atom stereocenters. The summed E-state index contributed by atoms with van der Waals surface area (Å²) in [7, 11) is 0. The first-order valence-corrected chi connectivity index (χ1v) is 8.81. The summed E-state index contributed by atoms with van der Waals surface area (Å²) in [4.78, 5) is 23.8. The van der Waals surface area contributed by atoms with Gasteiger partial charge in [0.05, 0.1) is 4.47 Å². The Bertz CT molecular complexity index is 781. The third-order valence-corrected chi connectivity index (χ3v) is 4.05. The number of hydrogen-bond acceptors (Lipinski definition) is 3. The van der Waals surface area contributed by atoms with Gasteiger partial charge in [0.25, 0.3) is 5.91 Å². The first kappa shape index (κ1) is 19.3. The number of halogens is 2. The van der Waals surface area contributed by atoms with Crippen molar-refractivity contribution in [3.05, 3.63) is 52.0 Å². The van der Waals surface area contributed by atoms with Crippen LogP contribution in [0.3, 0.4) is 0 Å². The van der Waals surface area contributed by atoms with Gasteiger partial charge in [-0.05, 0) is 52.3 Å². The quantitative estimate of drug-likeness (QED) is 0.704. The first-order valence-electron chi connectivity index (χ1n) is 7.64. The van der Waals surface area contributed by atoms with E-state index in [4.69, 9.17) is 16.3 Å². The highest BCUT2D eigenvalue weighted by molar-refractivity contribution is 9.10. The van der Waals surface area contributed by atoms with Crippen molar-refractivity contribution < 1.29 is 14.3 Å². The molecule has 0 aromatic heterocycles. The molecule has 0 heterocycles. The van der Waals surface area contributed by atoms with E-state index in [1.165, 1.54) is 0 Å². The summed E-state index contributed by atoms with van der Waals surface area (Å²) in [5, 5.41) is 6.09. The fourth-order valence-electron chi connectivity index (χ4n) is 1.89. The van der Waals surface area contributed by atoms with Gasteiger partial charge < -0.3 is 15.4 Å². The fraction of sp³-hybridized carbons (Fsp3) is 0.222. The number of carbonyl (C=O) groups is 2. The average molecular weight is 426 g/mol. The van der Waals surface area contributed by atoms with Gasteiger partial charge in [0.1, 0.15) is 5.75 Å². The Morgan fingerprint density at radius 2 is 1.80 bits per heavy atom. The van der Waals surface area contributed by atoms with E-state index in [0.29, 0.717) is 26.6 Å². The number of anilines is 2. The van der Waals surface area contributed by atoms with Gasteiger partial charge >= 0.3 is 0 Å². The maximum Gasteiger partial charge on any atom is 0.262 e. The summed E-state index contributed by atoms with van der Waals surface area (Å²) < 4.78 is 6.14. The van der Waals surface area contributed by atoms with Crippen molar-refractivity contribution in [1.82, 2.24) is 0 Å². The molecule has 0 aliphatic carbocycles. The number of carbonyl (C=O) groups excluding carboxylic acids is 2. The summed E-state index contributed by atoms with van der Waals surface area (Å²) in [6, 6.07) is 12.0. The van der Waals surface area contributed by atoms with Gasteiger partial charge in [0.15, 0.2) is 6.61 Å². The van der Waals surface area contributed by atoms with Crippen LogP contribution in [0.4, 0.5) is 11.4 Å². The van der Waals surface area contributed by atoms with Crippen LogP contribution in [0, 0.1) is 5.92 Å². The van der Waals surface area contributed by atoms with Crippen molar-refractivity contribution in [1.29, 1.82) is 0 Å². The molecule has 0 saturated carbocycles. The van der Waals surface area contributed by atoms with Crippen LogP contribution in [0.15, 0.2) is 46.9 Å². The van der Waals surface area contributed by atoms with Crippen molar-refractivity contribution in [2.75, 3.05) is 17.2 Å². The monoisotopic (exact) mass is 424 g/mol. The molecule has 0 fully saturated rings. The van der Waals surface area contributed by atoms with Gasteiger partial charge in [0, 0.05) is 22.3 Å². The summed E-state index contributed by atoms with van der Waals surface area (Å²) in [5.41, 5.74) is 1.20. The number of rotatable bonds is 6. The van der Waals surface area contributed by atoms with Crippen LogP contribution >= 0.6 is 27.5 Å². The van der Waals surface area contributed by atoms with Gasteiger partial charge in [-0.3, -0.25) is 9.59 Å². The molecule has 0 aliphatic heterocycles. The van der Waals surface area contributed by atoms with Crippen molar-refractivity contribution in [2.24, 2.45) is 5.92 Å². The minimum Gasteiger partial charge on any atom is -0.483 e. The zero-order valence-corrected chi connectivity index (χ0v) is 16.1. The highest BCUT2D eigenvalue weighted by Gasteiger charge is 2.09. The molecule has 0 saturated heterocycles. The Kier molecular flexibility index (Phi) is 6.84. The molecule has 2 amide bonds. The first-order chi connectivity index (χ1) is 11.8. The van der Waals surface area contributed by atoms with E-state index >= 15 is 0 Å². The minimum absolute atomic E-state index is 0.0839. The van der Waals surface area contributed by atoms with Gasteiger partial charge in [-0.1, -0.05) is 31.5 Å². The Morgan fingerprint density at radius 3 is 2.44 bits per heavy atom. The second-order valence-corrected chi connectivity index (χ2v) is 6.93. The lowest BCUT2D eigenvalue weighted by atomic mass is 10.2. The van der Waals surface area contributed by atoms with Crippen LogP contribution < -0.4 is 15.4 Å². The Labute approximate surface area is 159 Å². The van der Waals surface area contributed by atoms with E-state index in [1.54, 1.807) is 42.5 Å². The molecule has 5 nitrogen and oxygen atoms in total. The van der Waals surface area contributed by atoms with Gasteiger partial charge in [-0.25, -0.2) is 0 Å². The van der Waals surface area contributed by atoms with Crippen molar-refractivity contribution in [3.8, 4) is 5.75 Å². The van der Waals surface area contributed by atoms with Gasteiger partial charge in [-0.2, -0.15) is 0 Å². The maximum atomic E-state index is 12.0. The summed E-state index contributed by atoms with van der Waals surface area (Å²) in [6.07, 6.45) is 0. The second-order valence-electron chi connectivity index (χ2n) is 5.64. The molecule has 2 N–H and O–H groups in total. The molecule has 25 heavy (non-hydrogen) atoms. The predicted molar refractivity (Wildman–Crippen MR) is 103 cm³/mol. The average Bonchev–Trinajstić information content (AvgIpc) is 2.54. The standard InChI is InChI=1S/C18H18BrClN2O3/c1-11(2)18(24)22-14-5-3-4-13(9-14)21-17(23)10-25-16-7-6-12(20)8-15(16)19/h3-9,11H,10H2,1-2H3,(H,21,23)(H,22,24). The molecule has 132 valence electrons. The van der Waals surface area contributed by atoms with Gasteiger partial charge in [-0.15, -0.1) is 0 Å². The Hall–Kier alpha value is -2.05. The molecule has 0 radical (unpaired) electrons. The Morgan fingerprint density at radius 1 is 1.12 bits per heavy atom. The zero-order valence-electron chi connectivity index (χ0n) is 13.8. The van der Waals surface area contributed by atoms with E-state index in [1.807, 2.05) is 13.8 Å². The molecular formula is C18H18BrClN2O3.